The molecule has 0 aromatic carbocycles. The first-order chi connectivity index (χ1) is 8.70. The summed E-state index contributed by atoms with van der Waals surface area (Å²) in [6.07, 6.45) is 3.83. The topological polar surface area (TPSA) is 65.5 Å². The number of likely N-dealkylation sites (tertiary alicyclic amines) is 1. The largest absolute Gasteiger partial charge is 0.391 e. The molecule has 0 spiro atoms. The quantitative estimate of drug-likeness (QED) is 0.878. The van der Waals surface area contributed by atoms with E-state index >= 15 is 0 Å². The molecule has 2 atom stereocenters. The number of urea groups is 1. The predicted octanol–water partition coefficient (Wildman–Crippen LogP) is 1.76. The summed E-state index contributed by atoms with van der Waals surface area (Å²) in [7, 11) is 0. The number of nitrogens with zero attached hydrogens (tertiary/aromatic N) is 2. The lowest BCUT2D eigenvalue weighted by molar-refractivity contribution is 0.0832. The van der Waals surface area contributed by atoms with Crippen LogP contribution in [0.3, 0.4) is 0 Å². The number of thiazole rings is 1. The molecular weight excluding hydrogens is 250 g/mol. The normalized spacial score (nSPS) is 21.7. The molecule has 0 radical (unpaired) electrons. The minimum Gasteiger partial charge on any atom is -0.391 e. The van der Waals surface area contributed by atoms with Crippen LogP contribution in [-0.4, -0.2) is 40.2 Å². The van der Waals surface area contributed by atoms with Gasteiger partial charge in [-0.15, -0.1) is 11.3 Å². The van der Waals surface area contributed by atoms with Crippen LogP contribution in [0.5, 0.6) is 0 Å². The predicted molar refractivity (Wildman–Crippen MR) is 70.5 cm³/mol. The first-order valence-electron chi connectivity index (χ1n) is 6.33. The van der Waals surface area contributed by atoms with E-state index in [4.69, 9.17) is 0 Å². The lowest BCUT2D eigenvalue weighted by Crippen LogP contribution is -2.47. The molecule has 1 fully saturated rings. The summed E-state index contributed by atoms with van der Waals surface area (Å²) in [5.74, 6) is 0. The Morgan fingerprint density at radius 2 is 2.61 bits per heavy atom. The van der Waals surface area contributed by atoms with Gasteiger partial charge in [-0.1, -0.05) is 6.92 Å². The number of hydrogen-bond acceptors (Lipinski definition) is 4. The van der Waals surface area contributed by atoms with E-state index in [-0.39, 0.29) is 18.2 Å². The van der Waals surface area contributed by atoms with Gasteiger partial charge in [0.25, 0.3) is 0 Å². The minimum atomic E-state index is -0.385. The van der Waals surface area contributed by atoms with E-state index in [2.05, 4.69) is 10.3 Å². The Bertz CT molecular complexity index is 383. The van der Waals surface area contributed by atoms with Crippen molar-refractivity contribution >= 4 is 17.4 Å². The third-order valence-corrected chi connectivity index (χ3v) is 4.03. The van der Waals surface area contributed by atoms with E-state index in [1.54, 1.807) is 22.4 Å². The minimum absolute atomic E-state index is 0.0310. The fourth-order valence-corrected chi connectivity index (χ4v) is 2.90. The molecule has 6 heteroatoms. The first kappa shape index (κ1) is 13.3. The molecule has 2 heterocycles. The smallest absolute Gasteiger partial charge is 0.318 e. The Morgan fingerprint density at radius 3 is 3.22 bits per heavy atom. The third kappa shape index (κ3) is 3.20. The molecule has 1 aromatic heterocycles. The van der Waals surface area contributed by atoms with Gasteiger partial charge in [-0.2, -0.15) is 0 Å². The number of rotatable bonds is 3. The van der Waals surface area contributed by atoms with Crippen LogP contribution in [0.2, 0.25) is 0 Å². The molecule has 2 N–H and O–H groups in total. The average molecular weight is 269 g/mol. The van der Waals surface area contributed by atoms with Crippen molar-refractivity contribution in [1.82, 2.24) is 15.2 Å². The van der Waals surface area contributed by atoms with E-state index in [0.29, 0.717) is 6.54 Å². The van der Waals surface area contributed by atoms with Crippen molar-refractivity contribution < 1.29 is 9.90 Å². The first-order valence-corrected chi connectivity index (χ1v) is 7.21. The van der Waals surface area contributed by atoms with Crippen LogP contribution in [-0.2, 0) is 0 Å². The molecule has 1 aliphatic heterocycles. The van der Waals surface area contributed by atoms with Crippen molar-refractivity contribution in [3.63, 3.8) is 0 Å². The number of piperidine rings is 1. The maximum absolute atomic E-state index is 12.1. The number of aliphatic hydroxyl groups is 1. The van der Waals surface area contributed by atoms with E-state index in [1.807, 2.05) is 12.3 Å². The fraction of sp³-hybridized carbons (Fsp3) is 0.667. The molecule has 18 heavy (non-hydrogen) atoms. The summed E-state index contributed by atoms with van der Waals surface area (Å²) in [6, 6.07) is -0.132. The van der Waals surface area contributed by atoms with E-state index in [0.717, 1.165) is 30.8 Å². The van der Waals surface area contributed by atoms with Crippen molar-refractivity contribution in [2.24, 2.45) is 0 Å². The molecule has 1 aromatic rings. The molecular formula is C12H19N3O2S. The number of β-amino-alcohol motifs (C(OH)–C–C–N with tert-alkyl or cyclic N) is 1. The Morgan fingerprint density at radius 1 is 1.78 bits per heavy atom. The van der Waals surface area contributed by atoms with Crippen LogP contribution in [0.4, 0.5) is 4.79 Å². The summed E-state index contributed by atoms with van der Waals surface area (Å²) in [4.78, 5) is 18.0. The maximum atomic E-state index is 12.1. The molecule has 5 nitrogen and oxygen atoms in total. The lowest BCUT2D eigenvalue weighted by atomic mass is 10.1. The monoisotopic (exact) mass is 269 g/mol. The van der Waals surface area contributed by atoms with Crippen molar-refractivity contribution in [2.75, 3.05) is 13.1 Å². The molecule has 2 rings (SSSR count). The van der Waals surface area contributed by atoms with E-state index in [1.165, 1.54) is 0 Å². The summed E-state index contributed by atoms with van der Waals surface area (Å²) in [5, 5.41) is 15.4. The average Bonchev–Trinajstić information content (AvgIpc) is 2.89. The summed E-state index contributed by atoms with van der Waals surface area (Å²) in [5.41, 5.74) is 0. The molecule has 1 saturated heterocycles. The van der Waals surface area contributed by atoms with Gasteiger partial charge < -0.3 is 15.3 Å². The molecule has 0 bridgehead atoms. The maximum Gasteiger partial charge on any atom is 0.318 e. The van der Waals surface area contributed by atoms with Crippen molar-refractivity contribution in [3.05, 3.63) is 16.6 Å². The van der Waals surface area contributed by atoms with Crippen LogP contribution in [0.15, 0.2) is 11.6 Å². The Balaban J connectivity index is 1.93. The van der Waals surface area contributed by atoms with Crippen LogP contribution in [0.1, 0.15) is 37.2 Å². The second-order valence-electron chi connectivity index (χ2n) is 4.52. The second kappa shape index (κ2) is 6.15. The van der Waals surface area contributed by atoms with Crippen molar-refractivity contribution in [2.45, 2.75) is 38.3 Å². The molecule has 100 valence electrons. The Labute approximate surface area is 111 Å². The highest BCUT2D eigenvalue weighted by Crippen LogP contribution is 2.19. The van der Waals surface area contributed by atoms with Crippen LogP contribution in [0.25, 0.3) is 0 Å². The molecule has 2 unspecified atom stereocenters. The zero-order valence-electron chi connectivity index (χ0n) is 10.5. The zero-order chi connectivity index (χ0) is 13.0. The van der Waals surface area contributed by atoms with Gasteiger partial charge in [0.1, 0.15) is 5.01 Å². The number of amides is 2. The van der Waals surface area contributed by atoms with Gasteiger partial charge in [0, 0.05) is 24.7 Å². The van der Waals surface area contributed by atoms with Crippen molar-refractivity contribution in [3.8, 4) is 0 Å². The summed E-state index contributed by atoms with van der Waals surface area (Å²) in [6.45, 7) is 3.18. The van der Waals surface area contributed by atoms with Crippen LogP contribution < -0.4 is 5.32 Å². The van der Waals surface area contributed by atoms with Gasteiger partial charge in [-0.05, 0) is 19.3 Å². The number of hydrogen-bond donors (Lipinski definition) is 2. The number of aromatic nitrogens is 1. The fourth-order valence-electron chi connectivity index (χ4n) is 2.12. The summed E-state index contributed by atoms with van der Waals surface area (Å²) < 4.78 is 0. The van der Waals surface area contributed by atoms with E-state index < -0.39 is 0 Å². The molecule has 0 aliphatic carbocycles. The number of carbonyl (C=O) groups excluding carboxylic acids is 1. The lowest BCUT2D eigenvalue weighted by Gasteiger charge is -2.31. The van der Waals surface area contributed by atoms with Crippen LogP contribution in [0, 0.1) is 0 Å². The standard InChI is InChI=1S/C12H19N3O2S/c1-2-10(11-13-5-7-18-11)14-12(17)15-6-3-4-9(16)8-15/h5,7,9-10,16H,2-4,6,8H2,1H3,(H,14,17). The SMILES string of the molecule is CCC(NC(=O)N1CCCC(O)C1)c1nccs1. The molecule has 1 aliphatic rings. The number of aliphatic hydroxyl groups excluding tert-OH is 1. The Kier molecular flexibility index (Phi) is 4.54. The van der Waals surface area contributed by atoms with Crippen LogP contribution >= 0.6 is 11.3 Å². The number of nitrogens with one attached hydrogen (secondary N) is 1. The second-order valence-corrected chi connectivity index (χ2v) is 5.45. The summed E-state index contributed by atoms with van der Waals surface area (Å²) >= 11 is 1.55. The highest BCUT2D eigenvalue weighted by atomic mass is 32.1. The van der Waals surface area contributed by atoms with Crippen molar-refractivity contribution in [1.29, 1.82) is 0 Å². The van der Waals surface area contributed by atoms with Gasteiger partial charge in [0.2, 0.25) is 0 Å². The zero-order valence-corrected chi connectivity index (χ0v) is 11.3. The number of carbonyl (C=O) groups is 1. The highest BCUT2D eigenvalue weighted by Gasteiger charge is 2.24. The van der Waals surface area contributed by atoms with Gasteiger partial charge >= 0.3 is 6.03 Å². The van der Waals surface area contributed by atoms with Gasteiger partial charge in [0.05, 0.1) is 12.1 Å². The van der Waals surface area contributed by atoms with Gasteiger partial charge in [-0.25, -0.2) is 9.78 Å². The van der Waals surface area contributed by atoms with Gasteiger partial charge in [-0.3, -0.25) is 0 Å². The highest BCUT2D eigenvalue weighted by molar-refractivity contribution is 7.09. The Hall–Kier alpha value is -1.14. The van der Waals surface area contributed by atoms with Gasteiger partial charge in [0.15, 0.2) is 0 Å². The molecule has 0 saturated carbocycles. The van der Waals surface area contributed by atoms with E-state index in [9.17, 15) is 9.90 Å². The third-order valence-electron chi connectivity index (χ3n) is 3.14. The molecule has 2 amide bonds.